The maximum Gasteiger partial charge on any atom is 0.309 e. The van der Waals surface area contributed by atoms with Crippen LogP contribution in [0.2, 0.25) is 0 Å². The number of carbonyl (C=O) groups excluding carboxylic acids is 2. The highest BCUT2D eigenvalue weighted by Crippen LogP contribution is 2.22. The minimum atomic E-state index is -0.0524. The zero-order valence-corrected chi connectivity index (χ0v) is 21.5. The van der Waals surface area contributed by atoms with E-state index < -0.39 is 0 Å². The van der Waals surface area contributed by atoms with Gasteiger partial charge in [0.25, 0.3) is 0 Å². The van der Waals surface area contributed by atoms with Crippen LogP contribution in [0.4, 0.5) is 0 Å². The Morgan fingerprint density at radius 2 is 0.935 bits per heavy atom. The number of esters is 2. The van der Waals surface area contributed by atoms with Gasteiger partial charge in [0, 0.05) is 6.42 Å². The number of carbonyl (C=O) groups is 2. The molecule has 0 aliphatic rings. The molecule has 0 saturated heterocycles. The number of rotatable bonds is 20. The van der Waals surface area contributed by atoms with Crippen LogP contribution in [-0.2, 0) is 19.1 Å². The minimum Gasteiger partial charge on any atom is -0.463 e. The quantitative estimate of drug-likeness (QED) is 0.142. The molecule has 0 N–H and O–H groups in total. The molecular formula is C27H52O4. The summed E-state index contributed by atoms with van der Waals surface area (Å²) in [5.74, 6) is 0.339. The number of ether oxygens (including phenoxy) is 2. The Morgan fingerprint density at radius 1 is 0.548 bits per heavy atom. The zero-order valence-electron chi connectivity index (χ0n) is 21.5. The van der Waals surface area contributed by atoms with Crippen LogP contribution in [0.3, 0.4) is 0 Å². The molecule has 0 aliphatic heterocycles. The van der Waals surface area contributed by atoms with E-state index in [2.05, 4.69) is 13.8 Å². The lowest BCUT2D eigenvalue weighted by Gasteiger charge is -2.20. The molecule has 0 aromatic heterocycles. The van der Waals surface area contributed by atoms with E-state index in [1.54, 1.807) is 0 Å². The van der Waals surface area contributed by atoms with Crippen molar-refractivity contribution in [3.63, 3.8) is 0 Å². The molecule has 0 amide bonds. The van der Waals surface area contributed by atoms with Crippen LogP contribution in [0.15, 0.2) is 0 Å². The van der Waals surface area contributed by atoms with E-state index in [0.29, 0.717) is 12.3 Å². The van der Waals surface area contributed by atoms with E-state index >= 15 is 0 Å². The second kappa shape index (κ2) is 19.6. The highest BCUT2D eigenvalue weighted by molar-refractivity contribution is 5.72. The Hall–Kier alpha value is -1.06. The zero-order chi connectivity index (χ0) is 23.5. The van der Waals surface area contributed by atoms with E-state index in [-0.39, 0.29) is 30.1 Å². The van der Waals surface area contributed by atoms with Gasteiger partial charge in [-0.1, -0.05) is 90.9 Å². The molecular weight excluding hydrogens is 388 g/mol. The minimum absolute atomic E-state index is 0.00469. The van der Waals surface area contributed by atoms with Gasteiger partial charge in [0.15, 0.2) is 0 Å². The summed E-state index contributed by atoms with van der Waals surface area (Å²) in [6.07, 6.45) is 17.8. The molecule has 31 heavy (non-hydrogen) atoms. The predicted molar refractivity (Wildman–Crippen MR) is 130 cm³/mol. The normalized spacial score (nSPS) is 12.5. The first-order valence-corrected chi connectivity index (χ1v) is 13.1. The van der Waals surface area contributed by atoms with Gasteiger partial charge in [0.05, 0.1) is 18.1 Å². The fourth-order valence-electron chi connectivity index (χ4n) is 3.94. The van der Waals surface area contributed by atoms with Crippen molar-refractivity contribution in [2.75, 3.05) is 0 Å². The topological polar surface area (TPSA) is 52.6 Å². The average molecular weight is 441 g/mol. The Kier molecular flexibility index (Phi) is 18.9. The van der Waals surface area contributed by atoms with Crippen molar-refractivity contribution < 1.29 is 19.1 Å². The van der Waals surface area contributed by atoms with Gasteiger partial charge < -0.3 is 9.47 Å². The average Bonchev–Trinajstić information content (AvgIpc) is 2.66. The standard InChI is InChI=1S/C27H52O4/c1-22(2)25(27(29)31-24(5)6)20-18-16-14-12-10-8-7-9-11-13-15-17-19-21-26(28)30-23(3)4/h22-25H,7-21H2,1-6H3. The molecule has 0 fully saturated rings. The lowest BCUT2D eigenvalue weighted by Crippen LogP contribution is -2.25. The molecule has 1 unspecified atom stereocenters. The van der Waals surface area contributed by atoms with Crippen molar-refractivity contribution in [1.29, 1.82) is 0 Å². The van der Waals surface area contributed by atoms with E-state index in [0.717, 1.165) is 25.7 Å². The first-order chi connectivity index (χ1) is 14.7. The summed E-state index contributed by atoms with van der Waals surface area (Å²) in [6.45, 7) is 11.9. The summed E-state index contributed by atoms with van der Waals surface area (Å²) in [6, 6.07) is 0. The molecule has 0 aromatic rings. The van der Waals surface area contributed by atoms with Gasteiger partial charge >= 0.3 is 11.9 Å². The van der Waals surface area contributed by atoms with Crippen LogP contribution >= 0.6 is 0 Å². The van der Waals surface area contributed by atoms with Crippen molar-refractivity contribution in [2.24, 2.45) is 11.8 Å². The number of unbranched alkanes of at least 4 members (excludes halogenated alkanes) is 12. The van der Waals surface area contributed by atoms with Crippen molar-refractivity contribution in [3.05, 3.63) is 0 Å². The lowest BCUT2D eigenvalue weighted by atomic mass is 9.90. The molecule has 0 bridgehead atoms. The van der Waals surface area contributed by atoms with Crippen molar-refractivity contribution in [2.45, 2.75) is 150 Å². The van der Waals surface area contributed by atoms with Crippen molar-refractivity contribution >= 4 is 11.9 Å². The third-order valence-corrected chi connectivity index (χ3v) is 5.72. The third-order valence-electron chi connectivity index (χ3n) is 5.72. The van der Waals surface area contributed by atoms with Crippen LogP contribution in [0.5, 0.6) is 0 Å². The maximum atomic E-state index is 12.2. The van der Waals surface area contributed by atoms with E-state index in [1.165, 1.54) is 64.2 Å². The summed E-state index contributed by atoms with van der Waals surface area (Å²) < 4.78 is 10.6. The number of hydrogen-bond donors (Lipinski definition) is 0. The van der Waals surface area contributed by atoms with Gasteiger partial charge in [-0.2, -0.15) is 0 Å². The van der Waals surface area contributed by atoms with Crippen molar-refractivity contribution in [1.82, 2.24) is 0 Å². The molecule has 0 aliphatic carbocycles. The largest absolute Gasteiger partial charge is 0.463 e. The summed E-state index contributed by atoms with van der Waals surface area (Å²) in [5.41, 5.74) is 0. The second-order valence-electron chi connectivity index (χ2n) is 10.0. The predicted octanol–water partition coefficient (Wildman–Crippen LogP) is 8.01. The molecule has 0 heterocycles. The van der Waals surface area contributed by atoms with Crippen LogP contribution in [-0.4, -0.2) is 24.1 Å². The van der Waals surface area contributed by atoms with E-state index in [1.807, 2.05) is 27.7 Å². The fourth-order valence-corrected chi connectivity index (χ4v) is 3.94. The van der Waals surface area contributed by atoms with Crippen molar-refractivity contribution in [3.8, 4) is 0 Å². The first kappa shape index (κ1) is 29.9. The molecule has 184 valence electrons. The molecule has 0 radical (unpaired) electrons. The van der Waals surface area contributed by atoms with Gasteiger partial charge in [-0.25, -0.2) is 0 Å². The molecule has 4 nitrogen and oxygen atoms in total. The van der Waals surface area contributed by atoms with Gasteiger partial charge in [-0.15, -0.1) is 0 Å². The Balaban J connectivity index is 3.44. The van der Waals surface area contributed by atoms with Gasteiger partial charge in [0.1, 0.15) is 0 Å². The molecule has 0 saturated carbocycles. The molecule has 0 aromatic carbocycles. The third kappa shape index (κ3) is 19.4. The van der Waals surface area contributed by atoms with Gasteiger partial charge in [0.2, 0.25) is 0 Å². The van der Waals surface area contributed by atoms with Gasteiger partial charge in [-0.05, 0) is 46.5 Å². The molecule has 4 heteroatoms. The summed E-state index contributed by atoms with van der Waals surface area (Å²) >= 11 is 0. The van der Waals surface area contributed by atoms with E-state index in [9.17, 15) is 9.59 Å². The highest BCUT2D eigenvalue weighted by Gasteiger charge is 2.23. The number of hydrogen-bond acceptors (Lipinski definition) is 4. The van der Waals surface area contributed by atoms with Crippen LogP contribution in [0.1, 0.15) is 138 Å². The maximum absolute atomic E-state index is 12.2. The molecule has 1 atom stereocenters. The summed E-state index contributed by atoms with van der Waals surface area (Å²) in [7, 11) is 0. The Morgan fingerprint density at radius 3 is 1.32 bits per heavy atom. The fraction of sp³-hybridized carbons (Fsp3) is 0.926. The monoisotopic (exact) mass is 440 g/mol. The Bertz CT molecular complexity index is 443. The summed E-state index contributed by atoms with van der Waals surface area (Å²) in [4.78, 5) is 23.6. The molecule has 0 spiro atoms. The first-order valence-electron chi connectivity index (χ1n) is 13.1. The highest BCUT2D eigenvalue weighted by atomic mass is 16.5. The lowest BCUT2D eigenvalue weighted by molar-refractivity contribution is -0.154. The van der Waals surface area contributed by atoms with Crippen LogP contribution in [0.25, 0.3) is 0 Å². The van der Waals surface area contributed by atoms with Crippen LogP contribution < -0.4 is 0 Å². The van der Waals surface area contributed by atoms with Gasteiger partial charge in [-0.3, -0.25) is 9.59 Å². The molecule has 0 rings (SSSR count). The van der Waals surface area contributed by atoms with Crippen LogP contribution in [0, 0.1) is 11.8 Å². The smallest absolute Gasteiger partial charge is 0.309 e. The van der Waals surface area contributed by atoms with E-state index in [4.69, 9.17) is 9.47 Å². The second-order valence-corrected chi connectivity index (χ2v) is 10.0. The summed E-state index contributed by atoms with van der Waals surface area (Å²) in [5, 5.41) is 0. The Labute approximate surface area is 193 Å². The SMILES string of the molecule is CC(C)OC(=O)CCCCCCCCCCCCCCCC(C(=O)OC(C)C)C(C)C.